The lowest BCUT2D eigenvalue weighted by Crippen LogP contribution is -2.13. The van der Waals surface area contributed by atoms with Gasteiger partial charge in [-0.2, -0.15) is 5.26 Å². The van der Waals surface area contributed by atoms with Gasteiger partial charge in [0.2, 0.25) is 0 Å². The van der Waals surface area contributed by atoms with E-state index in [2.05, 4.69) is 12.2 Å². The predicted molar refractivity (Wildman–Crippen MR) is 125 cm³/mol. The molecule has 31 heavy (non-hydrogen) atoms. The highest BCUT2D eigenvalue weighted by Crippen LogP contribution is 2.27. The summed E-state index contributed by atoms with van der Waals surface area (Å²) >= 11 is 12.3. The Kier molecular flexibility index (Phi) is 7.72. The SMILES string of the molecule is CCc1ccc(NC(=O)/C(C#N)=C/c2ccc(OCc3cccc(Cl)c3)c(Cl)c2)cc1. The van der Waals surface area contributed by atoms with Gasteiger partial charge in [-0.25, -0.2) is 0 Å². The third kappa shape index (κ3) is 6.36. The zero-order valence-electron chi connectivity index (χ0n) is 16.9. The first-order chi connectivity index (χ1) is 15.0. The number of ether oxygens (including phenoxy) is 1. The first-order valence-corrected chi connectivity index (χ1v) is 10.4. The van der Waals surface area contributed by atoms with Crippen molar-refractivity contribution < 1.29 is 9.53 Å². The standard InChI is InChI=1S/C25H20Cl2N2O2/c1-2-17-6-9-22(10-7-17)29-25(30)20(15-28)12-18-8-11-24(23(27)14-18)31-16-19-4-3-5-21(26)13-19/h3-14H,2,16H2,1H3,(H,29,30)/b20-12+. The molecule has 1 N–H and O–H groups in total. The molecule has 3 aromatic carbocycles. The number of benzene rings is 3. The Hall–Kier alpha value is -3.26. The molecule has 0 heterocycles. The topological polar surface area (TPSA) is 62.1 Å². The van der Waals surface area contributed by atoms with Crippen LogP contribution in [0.25, 0.3) is 6.08 Å². The summed E-state index contributed by atoms with van der Waals surface area (Å²) in [7, 11) is 0. The number of aryl methyl sites for hydroxylation is 1. The van der Waals surface area contributed by atoms with Crippen LogP contribution in [-0.4, -0.2) is 5.91 Å². The monoisotopic (exact) mass is 450 g/mol. The Labute approximate surface area is 191 Å². The second kappa shape index (κ2) is 10.7. The molecule has 1 amide bonds. The fourth-order valence-corrected chi connectivity index (χ4v) is 3.31. The van der Waals surface area contributed by atoms with Gasteiger partial charge in [0, 0.05) is 10.7 Å². The van der Waals surface area contributed by atoms with E-state index < -0.39 is 5.91 Å². The lowest BCUT2D eigenvalue weighted by Gasteiger charge is -2.09. The second-order valence-corrected chi connectivity index (χ2v) is 7.63. The van der Waals surface area contributed by atoms with Crippen LogP contribution in [0.15, 0.2) is 72.3 Å². The van der Waals surface area contributed by atoms with E-state index >= 15 is 0 Å². The molecule has 0 spiro atoms. The minimum Gasteiger partial charge on any atom is -0.487 e. The van der Waals surface area contributed by atoms with Gasteiger partial charge >= 0.3 is 0 Å². The predicted octanol–water partition coefficient (Wildman–Crippen LogP) is 6.68. The first-order valence-electron chi connectivity index (χ1n) is 9.67. The van der Waals surface area contributed by atoms with E-state index in [0.29, 0.717) is 33.7 Å². The van der Waals surface area contributed by atoms with Crippen molar-refractivity contribution in [2.75, 3.05) is 5.32 Å². The van der Waals surface area contributed by atoms with Crippen LogP contribution in [0.5, 0.6) is 5.75 Å². The van der Waals surface area contributed by atoms with Crippen LogP contribution in [0.2, 0.25) is 10.0 Å². The van der Waals surface area contributed by atoms with Crippen molar-refractivity contribution in [3.8, 4) is 11.8 Å². The number of carbonyl (C=O) groups is 1. The van der Waals surface area contributed by atoms with E-state index in [1.807, 2.05) is 48.5 Å². The Morgan fingerprint density at radius 3 is 2.48 bits per heavy atom. The van der Waals surface area contributed by atoms with Crippen molar-refractivity contribution in [3.05, 3.63) is 99.0 Å². The zero-order chi connectivity index (χ0) is 22.2. The summed E-state index contributed by atoms with van der Waals surface area (Å²) in [5, 5.41) is 13.2. The van der Waals surface area contributed by atoms with Crippen LogP contribution in [0.3, 0.4) is 0 Å². The minimum absolute atomic E-state index is 0.0248. The number of anilines is 1. The lowest BCUT2D eigenvalue weighted by atomic mass is 10.1. The number of rotatable bonds is 7. The van der Waals surface area contributed by atoms with Crippen LogP contribution in [-0.2, 0) is 17.8 Å². The molecule has 0 radical (unpaired) electrons. The van der Waals surface area contributed by atoms with Gasteiger partial charge in [0.05, 0.1) is 5.02 Å². The van der Waals surface area contributed by atoms with Gasteiger partial charge in [-0.15, -0.1) is 0 Å². The fraction of sp³-hybridized carbons (Fsp3) is 0.120. The molecule has 0 unspecified atom stereocenters. The molecule has 0 saturated carbocycles. The van der Waals surface area contributed by atoms with Gasteiger partial charge in [-0.05, 0) is 65.6 Å². The third-order valence-corrected chi connectivity index (χ3v) is 5.07. The summed E-state index contributed by atoms with van der Waals surface area (Å²) in [5.74, 6) is 0.0157. The summed E-state index contributed by atoms with van der Waals surface area (Å²) in [6.45, 7) is 2.38. The lowest BCUT2D eigenvalue weighted by molar-refractivity contribution is -0.112. The van der Waals surface area contributed by atoms with Crippen molar-refractivity contribution in [3.63, 3.8) is 0 Å². The molecule has 156 valence electrons. The number of halogens is 2. The molecule has 6 heteroatoms. The molecule has 0 saturated heterocycles. The largest absolute Gasteiger partial charge is 0.487 e. The Bertz CT molecular complexity index is 1150. The molecule has 0 aliphatic rings. The third-order valence-electron chi connectivity index (χ3n) is 4.54. The second-order valence-electron chi connectivity index (χ2n) is 6.78. The summed E-state index contributed by atoms with van der Waals surface area (Å²) < 4.78 is 5.75. The molecule has 0 aliphatic carbocycles. The number of hydrogen-bond donors (Lipinski definition) is 1. The Morgan fingerprint density at radius 1 is 1.06 bits per heavy atom. The van der Waals surface area contributed by atoms with Crippen molar-refractivity contribution in [2.45, 2.75) is 20.0 Å². The van der Waals surface area contributed by atoms with Crippen LogP contribution in [0, 0.1) is 11.3 Å². The van der Waals surface area contributed by atoms with E-state index in [-0.39, 0.29) is 5.57 Å². The highest BCUT2D eigenvalue weighted by atomic mass is 35.5. The average Bonchev–Trinajstić information content (AvgIpc) is 2.77. The summed E-state index contributed by atoms with van der Waals surface area (Å²) in [6.07, 6.45) is 2.40. The number of nitriles is 1. The molecule has 3 rings (SSSR count). The summed E-state index contributed by atoms with van der Waals surface area (Å²) in [4.78, 5) is 12.5. The number of hydrogen-bond acceptors (Lipinski definition) is 3. The maximum Gasteiger partial charge on any atom is 0.266 e. The maximum atomic E-state index is 12.5. The van der Waals surface area contributed by atoms with Crippen LogP contribution in [0.4, 0.5) is 5.69 Å². The molecular weight excluding hydrogens is 431 g/mol. The van der Waals surface area contributed by atoms with Crippen molar-refractivity contribution >= 4 is 40.9 Å². The van der Waals surface area contributed by atoms with Crippen LogP contribution < -0.4 is 10.1 Å². The minimum atomic E-state index is -0.482. The van der Waals surface area contributed by atoms with E-state index in [9.17, 15) is 10.1 Å². The van der Waals surface area contributed by atoms with Crippen LogP contribution >= 0.6 is 23.2 Å². The van der Waals surface area contributed by atoms with E-state index in [4.69, 9.17) is 27.9 Å². The highest BCUT2D eigenvalue weighted by Gasteiger charge is 2.11. The Balaban J connectivity index is 1.69. The average molecular weight is 451 g/mol. The molecule has 3 aromatic rings. The maximum absolute atomic E-state index is 12.5. The van der Waals surface area contributed by atoms with Crippen molar-refractivity contribution in [1.29, 1.82) is 5.26 Å². The molecule has 0 aliphatic heterocycles. The summed E-state index contributed by atoms with van der Waals surface area (Å²) in [6, 6.07) is 21.9. The zero-order valence-corrected chi connectivity index (χ0v) is 18.4. The highest BCUT2D eigenvalue weighted by molar-refractivity contribution is 6.32. The molecule has 0 fully saturated rings. The number of nitrogens with one attached hydrogen (secondary N) is 1. The number of nitrogens with zero attached hydrogens (tertiary/aromatic N) is 1. The number of carbonyl (C=O) groups excluding carboxylic acids is 1. The van der Waals surface area contributed by atoms with E-state index in [1.165, 1.54) is 11.6 Å². The number of amides is 1. The van der Waals surface area contributed by atoms with Gasteiger partial charge < -0.3 is 10.1 Å². The van der Waals surface area contributed by atoms with Gasteiger partial charge in [-0.1, -0.05) is 60.5 Å². The van der Waals surface area contributed by atoms with Gasteiger partial charge in [-0.3, -0.25) is 4.79 Å². The fourth-order valence-electron chi connectivity index (χ4n) is 2.85. The molecule has 0 aromatic heterocycles. The quantitative estimate of drug-likeness (QED) is 0.322. The van der Waals surface area contributed by atoms with Crippen LogP contribution in [0.1, 0.15) is 23.6 Å². The molecule has 0 bridgehead atoms. The molecule has 4 nitrogen and oxygen atoms in total. The van der Waals surface area contributed by atoms with E-state index in [1.54, 1.807) is 24.3 Å². The Morgan fingerprint density at radius 2 is 1.84 bits per heavy atom. The van der Waals surface area contributed by atoms with Crippen molar-refractivity contribution in [1.82, 2.24) is 0 Å². The van der Waals surface area contributed by atoms with Crippen molar-refractivity contribution in [2.24, 2.45) is 0 Å². The summed E-state index contributed by atoms with van der Waals surface area (Å²) in [5.41, 5.74) is 3.31. The molecular formula is C25H20Cl2N2O2. The van der Waals surface area contributed by atoms with E-state index in [0.717, 1.165) is 12.0 Å². The normalized spacial score (nSPS) is 11.0. The van der Waals surface area contributed by atoms with Gasteiger partial charge in [0.1, 0.15) is 24.0 Å². The van der Waals surface area contributed by atoms with Gasteiger partial charge in [0.25, 0.3) is 5.91 Å². The molecule has 0 atom stereocenters. The smallest absolute Gasteiger partial charge is 0.266 e. The first kappa shape index (κ1) is 22.4. The van der Waals surface area contributed by atoms with Gasteiger partial charge in [0.15, 0.2) is 0 Å².